The molecule has 1 radical (unpaired) electrons. The second kappa shape index (κ2) is 3.09. The Labute approximate surface area is 64.1 Å². The first kappa shape index (κ1) is 8.33. The van der Waals surface area contributed by atoms with E-state index in [4.69, 9.17) is 15.3 Å². The van der Waals surface area contributed by atoms with E-state index >= 15 is 0 Å². The van der Waals surface area contributed by atoms with Crippen LogP contribution in [-0.4, -0.2) is 38.9 Å². The van der Waals surface area contributed by atoms with E-state index in [1.54, 1.807) is 12.7 Å². The standard InChI is InChI=1S/C6H11O3S/c1-3-5(8)6(9)4(7)2-10-3/h2-9H,1H3/t3-,4+,5+,6-/m1/s1. The molecule has 4 heteroatoms. The molecular formula is C6H11O3S. The van der Waals surface area contributed by atoms with E-state index in [1.807, 2.05) is 0 Å². The lowest BCUT2D eigenvalue weighted by Gasteiger charge is -2.32. The lowest BCUT2D eigenvalue weighted by atomic mass is 10.1. The molecule has 1 heterocycles. The van der Waals surface area contributed by atoms with Gasteiger partial charge in [-0.2, -0.15) is 0 Å². The van der Waals surface area contributed by atoms with Gasteiger partial charge in [0.05, 0.1) is 12.2 Å². The summed E-state index contributed by atoms with van der Waals surface area (Å²) in [5.74, 6) is 1.54. The molecular weight excluding hydrogens is 152 g/mol. The Morgan fingerprint density at radius 1 is 1.20 bits per heavy atom. The third kappa shape index (κ3) is 1.45. The number of thioether (sulfide) groups is 1. The van der Waals surface area contributed by atoms with Gasteiger partial charge in [0.25, 0.3) is 0 Å². The van der Waals surface area contributed by atoms with Crippen molar-refractivity contribution in [3.8, 4) is 0 Å². The maximum absolute atomic E-state index is 9.17. The van der Waals surface area contributed by atoms with Gasteiger partial charge in [-0.05, 0) is 0 Å². The van der Waals surface area contributed by atoms with E-state index in [1.165, 1.54) is 11.8 Å². The molecule has 0 amide bonds. The minimum absolute atomic E-state index is 0.0293. The van der Waals surface area contributed by atoms with Crippen LogP contribution in [0.4, 0.5) is 0 Å². The van der Waals surface area contributed by atoms with Crippen molar-refractivity contribution in [3.63, 3.8) is 0 Å². The van der Waals surface area contributed by atoms with Crippen molar-refractivity contribution in [2.75, 3.05) is 0 Å². The zero-order chi connectivity index (χ0) is 7.72. The molecule has 1 aliphatic rings. The van der Waals surface area contributed by atoms with Crippen molar-refractivity contribution in [1.82, 2.24) is 0 Å². The number of rotatable bonds is 0. The highest BCUT2D eigenvalue weighted by Gasteiger charge is 2.34. The fourth-order valence-electron chi connectivity index (χ4n) is 0.845. The molecule has 10 heavy (non-hydrogen) atoms. The van der Waals surface area contributed by atoms with Crippen LogP contribution in [0.25, 0.3) is 0 Å². The van der Waals surface area contributed by atoms with Crippen LogP contribution in [-0.2, 0) is 0 Å². The Morgan fingerprint density at radius 2 is 1.80 bits per heavy atom. The minimum Gasteiger partial charge on any atom is -0.389 e. The molecule has 3 nitrogen and oxygen atoms in total. The van der Waals surface area contributed by atoms with Crippen LogP contribution in [0.1, 0.15) is 6.92 Å². The molecule has 0 aromatic heterocycles. The molecule has 59 valence electrons. The van der Waals surface area contributed by atoms with E-state index in [-0.39, 0.29) is 5.25 Å². The Balaban J connectivity index is 2.52. The third-order valence-corrected chi connectivity index (χ3v) is 2.76. The van der Waals surface area contributed by atoms with Crippen LogP contribution in [0.5, 0.6) is 0 Å². The molecule has 0 aromatic rings. The Bertz CT molecular complexity index is 106. The predicted octanol–water partition coefficient (Wildman–Crippen LogP) is -0.634. The predicted molar refractivity (Wildman–Crippen MR) is 39.4 cm³/mol. The lowest BCUT2D eigenvalue weighted by molar-refractivity contribution is -0.0462. The van der Waals surface area contributed by atoms with Gasteiger partial charge in [-0.1, -0.05) is 6.92 Å². The molecule has 3 N–H and O–H groups in total. The van der Waals surface area contributed by atoms with Crippen LogP contribution in [0.3, 0.4) is 0 Å². The molecule has 0 unspecified atom stereocenters. The maximum atomic E-state index is 9.17. The van der Waals surface area contributed by atoms with E-state index in [9.17, 15) is 0 Å². The molecule has 4 atom stereocenters. The number of hydrogen-bond donors (Lipinski definition) is 3. The van der Waals surface area contributed by atoms with Gasteiger partial charge in [0, 0.05) is 11.0 Å². The van der Waals surface area contributed by atoms with Crippen LogP contribution in [0.2, 0.25) is 0 Å². The molecule has 0 aromatic carbocycles. The van der Waals surface area contributed by atoms with E-state index in [0.717, 1.165) is 0 Å². The van der Waals surface area contributed by atoms with Gasteiger partial charge in [-0.25, -0.2) is 0 Å². The Morgan fingerprint density at radius 3 is 2.30 bits per heavy atom. The van der Waals surface area contributed by atoms with Crippen LogP contribution in [0, 0.1) is 5.75 Å². The minimum atomic E-state index is -1.02. The fraction of sp³-hybridized carbons (Fsp3) is 0.833. The highest BCUT2D eigenvalue weighted by Crippen LogP contribution is 2.28. The van der Waals surface area contributed by atoms with Gasteiger partial charge in [0.1, 0.15) is 6.10 Å². The van der Waals surface area contributed by atoms with Crippen molar-refractivity contribution in [1.29, 1.82) is 0 Å². The van der Waals surface area contributed by atoms with Crippen LogP contribution < -0.4 is 0 Å². The highest BCUT2D eigenvalue weighted by atomic mass is 32.2. The van der Waals surface area contributed by atoms with Crippen molar-refractivity contribution >= 4 is 11.8 Å². The van der Waals surface area contributed by atoms with E-state index in [0.29, 0.717) is 0 Å². The normalized spacial score (nSPS) is 49.2. The molecule has 0 aliphatic carbocycles. The molecule has 1 aliphatic heterocycles. The SMILES string of the molecule is C[C@H]1S[CH][C@H](O)[C@@H](O)[C@H]1O. The molecule has 0 saturated carbocycles. The van der Waals surface area contributed by atoms with Gasteiger partial charge in [-0.15, -0.1) is 11.8 Å². The second-order valence-corrected chi connectivity index (χ2v) is 3.74. The first-order chi connectivity index (χ1) is 4.63. The van der Waals surface area contributed by atoms with E-state index in [2.05, 4.69) is 0 Å². The van der Waals surface area contributed by atoms with Crippen molar-refractivity contribution in [2.45, 2.75) is 30.5 Å². The molecule has 0 spiro atoms. The third-order valence-electron chi connectivity index (χ3n) is 1.61. The maximum Gasteiger partial charge on any atom is 0.108 e. The van der Waals surface area contributed by atoms with Crippen LogP contribution >= 0.6 is 11.8 Å². The van der Waals surface area contributed by atoms with Gasteiger partial charge in [0.15, 0.2) is 0 Å². The summed E-state index contributed by atoms with van der Waals surface area (Å²) in [6.45, 7) is 1.81. The van der Waals surface area contributed by atoms with Crippen molar-refractivity contribution in [2.24, 2.45) is 0 Å². The quantitative estimate of drug-likeness (QED) is 0.445. The number of aliphatic hydroxyl groups excluding tert-OH is 3. The van der Waals surface area contributed by atoms with Gasteiger partial charge in [-0.3, -0.25) is 0 Å². The monoisotopic (exact) mass is 163 g/mol. The summed E-state index contributed by atoms with van der Waals surface area (Å²) in [4.78, 5) is 0. The second-order valence-electron chi connectivity index (χ2n) is 2.45. The lowest BCUT2D eigenvalue weighted by Crippen LogP contribution is -2.45. The largest absolute Gasteiger partial charge is 0.389 e. The molecule has 1 saturated heterocycles. The average Bonchev–Trinajstić information content (AvgIpc) is 1.93. The zero-order valence-electron chi connectivity index (χ0n) is 5.64. The summed E-state index contributed by atoms with van der Waals surface area (Å²) >= 11 is 1.35. The highest BCUT2D eigenvalue weighted by molar-refractivity contribution is 8.02. The first-order valence-electron chi connectivity index (χ1n) is 3.16. The van der Waals surface area contributed by atoms with Gasteiger partial charge < -0.3 is 15.3 Å². The van der Waals surface area contributed by atoms with Crippen LogP contribution in [0.15, 0.2) is 0 Å². The summed E-state index contributed by atoms with van der Waals surface area (Å²) in [5.41, 5.74) is 0. The summed E-state index contributed by atoms with van der Waals surface area (Å²) in [5, 5.41) is 27.2. The summed E-state index contributed by atoms with van der Waals surface area (Å²) < 4.78 is 0. The molecule has 1 rings (SSSR count). The average molecular weight is 163 g/mol. The molecule has 1 fully saturated rings. The smallest absolute Gasteiger partial charge is 0.108 e. The zero-order valence-corrected chi connectivity index (χ0v) is 6.45. The number of hydrogen-bond acceptors (Lipinski definition) is 4. The van der Waals surface area contributed by atoms with Gasteiger partial charge >= 0.3 is 0 Å². The summed E-state index contributed by atoms with van der Waals surface area (Å²) in [7, 11) is 0. The topological polar surface area (TPSA) is 60.7 Å². The first-order valence-corrected chi connectivity index (χ1v) is 4.10. The fourth-order valence-corrected chi connectivity index (χ4v) is 1.74. The van der Waals surface area contributed by atoms with Crippen molar-refractivity contribution in [3.05, 3.63) is 5.75 Å². The summed E-state index contributed by atoms with van der Waals surface area (Å²) in [6.07, 6.45) is -2.72. The van der Waals surface area contributed by atoms with E-state index < -0.39 is 18.3 Å². The molecule has 0 bridgehead atoms. The number of aliphatic hydroxyl groups is 3. The Hall–Kier alpha value is 0.230. The van der Waals surface area contributed by atoms with Gasteiger partial charge in [0.2, 0.25) is 0 Å². The summed E-state index contributed by atoms with van der Waals surface area (Å²) in [6, 6.07) is 0. The Kier molecular flexibility index (Phi) is 2.57. The van der Waals surface area contributed by atoms with Crippen molar-refractivity contribution < 1.29 is 15.3 Å².